The second kappa shape index (κ2) is 8.23. The maximum absolute atomic E-state index is 13.7. The SMILES string of the molecule is COCCn1c(SCc2cc(F)ccc2OC)nc2sc3c(c2c1=O)CCC3. The van der Waals surface area contributed by atoms with Gasteiger partial charge in [-0.2, -0.15) is 0 Å². The van der Waals surface area contributed by atoms with Crippen molar-refractivity contribution in [2.75, 3.05) is 20.8 Å². The normalized spacial score (nSPS) is 13.2. The zero-order valence-corrected chi connectivity index (χ0v) is 17.4. The summed E-state index contributed by atoms with van der Waals surface area (Å²) in [5.41, 5.74) is 1.90. The Labute approximate surface area is 170 Å². The number of benzene rings is 1. The van der Waals surface area contributed by atoms with E-state index in [1.54, 1.807) is 36.2 Å². The van der Waals surface area contributed by atoms with E-state index in [2.05, 4.69) is 0 Å². The maximum atomic E-state index is 13.7. The van der Waals surface area contributed by atoms with Crippen LogP contribution >= 0.6 is 23.1 Å². The highest BCUT2D eigenvalue weighted by Crippen LogP contribution is 2.36. The second-order valence-electron chi connectivity index (χ2n) is 6.63. The second-order valence-corrected chi connectivity index (χ2v) is 8.65. The van der Waals surface area contributed by atoms with Gasteiger partial charge < -0.3 is 9.47 Å². The molecular formula is C20H21FN2O3S2. The minimum atomic E-state index is -0.314. The molecule has 0 atom stereocenters. The lowest BCUT2D eigenvalue weighted by Gasteiger charge is -2.13. The largest absolute Gasteiger partial charge is 0.496 e. The molecule has 1 aliphatic rings. The molecule has 0 fully saturated rings. The van der Waals surface area contributed by atoms with E-state index in [-0.39, 0.29) is 11.4 Å². The highest BCUT2D eigenvalue weighted by atomic mass is 32.2. The minimum absolute atomic E-state index is 0.00448. The first kappa shape index (κ1) is 19.4. The van der Waals surface area contributed by atoms with Crippen molar-refractivity contribution >= 4 is 33.3 Å². The van der Waals surface area contributed by atoms with Crippen LogP contribution in [0.5, 0.6) is 5.75 Å². The molecule has 148 valence electrons. The number of halogens is 1. The number of hydrogen-bond donors (Lipinski definition) is 0. The van der Waals surface area contributed by atoms with E-state index in [1.807, 2.05) is 0 Å². The highest BCUT2D eigenvalue weighted by molar-refractivity contribution is 7.98. The Balaban J connectivity index is 1.73. The summed E-state index contributed by atoms with van der Waals surface area (Å²) in [5.74, 6) is 0.763. The molecule has 0 saturated heterocycles. The molecule has 0 spiro atoms. The smallest absolute Gasteiger partial charge is 0.263 e. The molecule has 2 aromatic heterocycles. The molecule has 0 bridgehead atoms. The summed E-state index contributed by atoms with van der Waals surface area (Å²) in [4.78, 5) is 20.1. The molecule has 0 N–H and O–H groups in total. The minimum Gasteiger partial charge on any atom is -0.496 e. The fraction of sp³-hybridized carbons (Fsp3) is 0.400. The van der Waals surface area contributed by atoms with Crippen molar-refractivity contribution in [2.24, 2.45) is 0 Å². The van der Waals surface area contributed by atoms with Crippen molar-refractivity contribution in [2.45, 2.75) is 36.7 Å². The topological polar surface area (TPSA) is 53.4 Å². The summed E-state index contributed by atoms with van der Waals surface area (Å²) in [6.07, 6.45) is 3.07. The van der Waals surface area contributed by atoms with Gasteiger partial charge in [-0.25, -0.2) is 9.37 Å². The van der Waals surface area contributed by atoms with E-state index in [0.29, 0.717) is 29.8 Å². The Hall–Kier alpha value is -1.90. The number of thioether (sulfide) groups is 1. The number of hydrogen-bond acceptors (Lipinski definition) is 6. The number of ether oxygens (including phenoxy) is 2. The van der Waals surface area contributed by atoms with Crippen LogP contribution in [0.1, 0.15) is 22.4 Å². The van der Waals surface area contributed by atoms with Gasteiger partial charge >= 0.3 is 0 Å². The van der Waals surface area contributed by atoms with E-state index in [0.717, 1.165) is 35.0 Å². The van der Waals surface area contributed by atoms with E-state index < -0.39 is 0 Å². The van der Waals surface area contributed by atoms with Crippen molar-refractivity contribution < 1.29 is 13.9 Å². The number of aromatic nitrogens is 2. The molecule has 3 aromatic rings. The molecule has 2 heterocycles. The Kier molecular flexibility index (Phi) is 5.70. The Morgan fingerprint density at radius 3 is 2.96 bits per heavy atom. The molecule has 5 nitrogen and oxygen atoms in total. The lowest BCUT2D eigenvalue weighted by atomic mass is 10.2. The van der Waals surface area contributed by atoms with Crippen LogP contribution in [-0.2, 0) is 29.9 Å². The van der Waals surface area contributed by atoms with Crippen LogP contribution in [0.25, 0.3) is 10.2 Å². The van der Waals surface area contributed by atoms with Crippen molar-refractivity contribution in [3.8, 4) is 5.75 Å². The maximum Gasteiger partial charge on any atom is 0.263 e. The van der Waals surface area contributed by atoms with Gasteiger partial charge in [-0.05, 0) is 43.0 Å². The predicted molar refractivity (Wildman–Crippen MR) is 110 cm³/mol. The lowest BCUT2D eigenvalue weighted by Crippen LogP contribution is -2.25. The third-order valence-corrected chi connectivity index (χ3v) is 7.12. The monoisotopic (exact) mass is 420 g/mol. The van der Waals surface area contributed by atoms with Gasteiger partial charge in [0.1, 0.15) is 16.4 Å². The van der Waals surface area contributed by atoms with Crippen molar-refractivity contribution in [1.82, 2.24) is 9.55 Å². The number of nitrogens with zero attached hydrogens (tertiary/aromatic N) is 2. The predicted octanol–water partition coefficient (Wildman–Crippen LogP) is 4.03. The van der Waals surface area contributed by atoms with Gasteiger partial charge in [0.25, 0.3) is 5.56 Å². The van der Waals surface area contributed by atoms with Crippen LogP contribution < -0.4 is 10.3 Å². The first-order valence-corrected chi connectivity index (χ1v) is 10.9. The van der Waals surface area contributed by atoms with Gasteiger partial charge in [-0.3, -0.25) is 9.36 Å². The van der Waals surface area contributed by atoms with E-state index >= 15 is 0 Å². The van der Waals surface area contributed by atoms with Gasteiger partial charge in [0.05, 0.1) is 25.6 Å². The summed E-state index contributed by atoms with van der Waals surface area (Å²) in [6.45, 7) is 0.863. The molecule has 0 amide bonds. The number of rotatable bonds is 7. The average molecular weight is 421 g/mol. The summed E-state index contributed by atoms with van der Waals surface area (Å²) in [7, 11) is 3.18. The standard InChI is InChI=1S/C20H21FN2O3S2/c1-25-9-8-23-19(24)17-14-4-3-5-16(14)28-18(17)22-20(23)27-11-12-10-13(21)6-7-15(12)26-2/h6-7,10H,3-5,8-9,11H2,1-2H3. The first-order valence-electron chi connectivity index (χ1n) is 9.11. The lowest BCUT2D eigenvalue weighted by molar-refractivity contribution is 0.183. The molecule has 1 aliphatic carbocycles. The quantitative estimate of drug-likeness (QED) is 0.427. The molecular weight excluding hydrogens is 399 g/mol. The van der Waals surface area contributed by atoms with Gasteiger partial charge in [-0.15, -0.1) is 11.3 Å². The first-order chi connectivity index (χ1) is 13.6. The van der Waals surface area contributed by atoms with E-state index in [9.17, 15) is 9.18 Å². The van der Waals surface area contributed by atoms with Crippen LogP contribution in [-0.4, -0.2) is 30.4 Å². The third kappa shape index (κ3) is 3.56. The number of fused-ring (bicyclic) bond motifs is 3. The van der Waals surface area contributed by atoms with Crippen LogP contribution in [0.2, 0.25) is 0 Å². The van der Waals surface area contributed by atoms with Crippen LogP contribution in [0.4, 0.5) is 4.39 Å². The zero-order chi connectivity index (χ0) is 19.7. The Morgan fingerprint density at radius 1 is 1.32 bits per heavy atom. The average Bonchev–Trinajstić information content (AvgIpc) is 3.26. The molecule has 4 rings (SSSR count). The molecule has 28 heavy (non-hydrogen) atoms. The van der Waals surface area contributed by atoms with E-state index in [1.165, 1.54) is 34.3 Å². The van der Waals surface area contributed by atoms with Gasteiger partial charge in [0, 0.05) is 23.3 Å². The fourth-order valence-electron chi connectivity index (χ4n) is 3.55. The van der Waals surface area contributed by atoms with Gasteiger partial charge in [0.15, 0.2) is 5.16 Å². The van der Waals surface area contributed by atoms with Crippen LogP contribution in [0.3, 0.4) is 0 Å². The highest BCUT2D eigenvalue weighted by Gasteiger charge is 2.23. The summed E-state index contributed by atoms with van der Waals surface area (Å²) in [6, 6.07) is 4.45. The van der Waals surface area contributed by atoms with E-state index in [4.69, 9.17) is 14.5 Å². The molecule has 0 radical (unpaired) electrons. The summed E-state index contributed by atoms with van der Waals surface area (Å²) >= 11 is 3.04. The number of thiophene rings is 1. The van der Waals surface area contributed by atoms with Crippen molar-refractivity contribution in [3.05, 3.63) is 50.4 Å². The molecule has 1 aromatic carbocycles. The summed E-state index contributed by atoms with van der Waals surface area (Å²) in [5, 5.41) is 1.39. The van der Waals surface area contributed by atoms with Crippen LogP contribution in [0.15, 0.2) is 28.2 Å². The van der Waals surface area contributed by atoms with Gasteiger partial charge in [0.2, 0.25) is 0 Å². The molecule has 0 aliphatic heterocycles. The third-order valence-electron chi connectivity index (χ3n) is 4.91. The fourth-order valence-corrected chi connectivity index (χ4v) is 5.86. The number of methoxy groups -OCH3 is 2. The Bertz CT molecular complexity index is 1080. The number of aryl methyl sites for hydroxylation is 2. The molecule has 8 heteroatoms. The molecule has 0 saturated carbocycles. The zero-order valence-electron chi connectivity index (χ0n) is 15.8. The Morgan fingerprint density at radius 2 is 2.18 bits per heavy atom. The molecule has 0 unspecified atom stereocenters. The van der Waals surface area contributed by atoms with Gasteiger partial charge in [-0.1, -0.05) is 11.8 Å². The van der Waals surface area contributed by atoms with Crippen molar-refractivity contribution in [1.29, 1.82) is 0 Å². The van der Waals surface area contributed by atoms with Crippen molar-refractivity contribution in [3.63, 3.8) is 0 Å². The summed E-state index contributed by atoms with van der Waals surface area (Å²) < 4.78 is 25.9. The van der Waals surface area contributed by atoms with Crippen LogP contribution in [0, 0.1) is 5.82 Å².